The van der Waals surface area contributed by atoms with Gasteiger partial charge in [0.15, 0.2) is 18.1 Å². The minimum absolute atomic E-state index is 0.00820. The maximum atomic E-state index is 10.8. The van der Waals surface area contributed by atoms with Gasteiger partial charge in [0.05, 0.1) is 11.6 Å². The maximum absolute atomic E-state index is 10.8. The lowest BCUT2D eigenvalue weighted by Gasteiger charge is -2.07. The average molecular weight is 269 g/mol. The number of ether oxygens (including phenoxy) is 1. The molecule has 0 amide bonds. The van der Waals surface area contributed by atoms with Crippen LogP contribution in [0.1, 0.15) is 32.6 Å². The summed E-state index contributed by atoms with van der Waals surface area (Å²) in [6.45, 7) is 5.33. The maximum Gasteiger partial charge on any atom is 0.303 e. The number of carbonyl (C=O) groups excluding carboxylic acids is 1. The molecule has 18 heavy (non-hydrogen) atoms. The number of aromatic nitrogens is 4. The van der Waals surface area contributed by atoms with E-state index in [-0.39, 0.29) is 18.6 Å². The van der Waals surface area contributed by atoms with Crippen molar-refractivity contribution >= 4 is 28.6 Å². The molecule has 2 aromatic heterocycles. The van der Waals surface area contributed by atoms with Crippen molar-refractivity contribution in [3.8, 4) is 0 Å². The lowest BCUT2D eigenvalue weighted by atomic mass is 10.4. The number of nitrogens with zero attached hydrogens (tertiary/aromatic N) is 4. The first-order chi connectivity index (χ1) is 8.49. The molecule has 2 aromatic rings. The largest absolute Gasteiger partial charge is 0.458 e. The van der Waals surface area contributed by atoms with Crippen LogP contribution in [0.15, 0.2) is 6.20 Å². The van der Waals surface area contributed by atoms with Crippen molar-refractivity contribution in [1.82, 2.24) is 19.7 Å². The van der Waals surface area contributed by atoms with Crippen molar-refractivity contribution in [3.05, 3.63) is 17.2 Å². The van der Waals surface area contributed by atoms with E-state index in [4.69, 9.17) is 16.3 Å². The van der Waals surface area contributed by atoms with Gasteiger partial charge >= 0.3 is 5.97 Å². The third-order valence-electron chi connectivity index (χ3n) is 2.35. The highest BCUT2D eigenvalue weighted by Crippen LogP contribution is 2.22. The Balaban J connectivity index is 2.45. The van der Waals surface area contributed by atoms with Crippen LogP contribution < -0.4 is 0 Å². The molecule has 2 heterocycles. The summed E-state index contributed by atoms with van der Waals surface area (Å²) in [4.78, 5) is 19.1. The highest BCUT2D eigenvalue weighted by Gasteiger charge is 2.13. The van der Waals surface area contributed by atoms with Crippen LogP contribution in [0.5, 0.6) is 0 Å². The Labute approximate surface area is 109 Å². The predicted octanol–water partition coefficient (Wildman–Crippen LogP) is 2.12. The van der Waals surface area contributed by atoms with Crippen LogP contribution in [-0.4, -0.2) is 25.7 Å². The Morgan fingerprint density at radius 2 is 2.22 bits per heavy atom. The van der Waals surface area contributed by atoms with E-state index in [1.165, 1.54) is 6.92 Å². The smallest absolute Gasteiger partial charge is 0.303 e. The van der Waals surface area contributed by atoms with Crippen LogP contribution >= 0.6 is 11.6 Å². The van der Waals surface area contributed by atoms with Crippen molar-refractivity contribution in [2.45, 2.75) is 33.4 Å². The molecule has 0 unspecified atom stereocenters. The third-order valence-corrected chi connectivity index (χ3v) is 2.64. The lowest BCUT2D eigenvalue weighted by Crippen LogP contribution is -2.07. The minimum atomic E-state index is -0.382. The van der Waals surface area contributed by atoms with E-state index in [0.717, 1.165) is 0 Å². The summed E-state index contributed by atoms with van der Waals surface area (Å²) >= 11 is 6.05. The molecule has 0 radical (unpaired) electrons. The van der Waals surface area contributed by atoms with Crippen molar-refractivity contribution < 1.29 is 9.53 Å². The molecule has 0 fully saturated rings. The van der Waals surface area contributed by atoms with E-state index in [1.807, 2.05) is 13.8 Å². The molecule has 0 aliphatic heterocycles. The molecule has 0 aliphatic rings. The van der Waals surface area contributed by atoms with Crippen LogP contribution in [0.2, 0.25) is 5.15 Å². The molecular weight excluding hydrogens is 256 g/mol. The first-order valence-corrected chi connectivity index (χ1v) is 5.90. The summed E-state index contributed by atoms with van der Waals surface area (Å²) in [5.74, 6) is -0.0164. The van der Waals surface area contributed by atoms with Gasteiger partial charge < -0.3 is 4.74 Å². The number of rotatable bonds is 3. The molecule has 0 atom stereocenters. The van der Waals surface area contributed by atoms with E-state index in [9.17, 15) is 4.79 Å². The van der Waals surface area contributed by atoms with E-state index in [2.05, 4.69) is 15.1 Å². The molecule has 96 valence electrons. The molecule has 0 bridgehead atoms. The van der Waals surface area contributed by atoms with Gasteiger partial charge in [-0.05, 0) is 13.8 Å². The first-order valence-electron chi connectivity index (χ1n) is 5.52. The standard InChI is InChI=1S/C11H13ClN4O2/c1-6(2)16-11-8(4-13-16)10(12)14-9(15-11)5-18-7(3)17/h4,6H,5H2,1-3H3. The molecule has 7 heteroatoms. The highest BCUT2D eigenvalue weighted by atomic mass is 35.5. The first kappa shape index (κ1) is 12.8. The van der Waals surface area contributed by atoms with Crippen LogP contribution in [-0.2, 0) is 16.1 Å². The third kappa shape index (κ3) is 2.43. The number of esters is 1. The molecule has 0 saturated heterocycles. The Bertz CT molecular complexity index is 594. The average Bonchev–Trinajstić information content (AvgIpc) is 2.70. The second-order valence-electron chi connectivity index (χ2n) is 4.13. The zero-order valence-corrected chi connectivity index (χ0v) is 11.1. The van der Waals surface area contributed by atoms with E-state index in [0.29, 0.717) is 22.0 Å². The van der Waals surface area contributed by atoms with E-state index >= 15 is 0 Å². The van der Waals surface area contributed by atoms with Crippen LogP contribution in [0.4, 0.5) is 0 Å². The molecule has 2 rings (SSSR count). The quantitative estimate of drug-likeness (QED) is 0.630. The van der Waals surface area contributed by atoms with Crippen LogP contribution in [0.25, 0.3) is 11.0 Å². The normalized spacial score (nSPS) is 11.2. The van der Waals surface area contributed by atoms with Gasteiger partial charge in [0, 0.05) is 13.0 Å². The molecule has 0 N–H and O–H groups in total. The number of hydrogen-bond donors (Lipinski definition) is 0. The minimum Gasteiger partial charge on any atom is -0.458 e. The number of fused-ring (bicyclic) bond motifs is 1. The summed E-state index contributed by atoms with van der Waals surface area (Å²) in [6, 6.07) is 0.162. The molecule has 6 nitrogen and oxygen atoms in total. The summed E-state index contributed by atoms with van der Waals surface area (Å²) in [5.41, 5.74) is 0.646. The predicted molar refractivity (Wildman–Crippen MR) is 66.2 cm³/mol. The number of carbonyl (C=O) groups is 1. The monoisotopic (exact) mass is 268 g/mol. The van der Waals surface area contributed by atoms with Crippen molar-refractivity contribution in [2.24, 2.45) is 0 Å². The van der Waals surface area contributed by atoms with Gasteiger partial charge in [0.2, 0.25) is 0 Å². The zero-order valence-electron chi connectivity index (χ0n) is 10.3. The van der Waals surface area contributed by atoms with Gasteiger partial charge in [0.25, 0.3) is 0 Å². The highest BCUT2D eigenvalue weighted by molar-refractivity contribution is 6.33. The van der Waals surface area contributed by atoms with Gasteiger partial charge in [-0.3, -0.25) is 4.79 Å². The van der Waals surface area contributed by atoms with Crippen molar-refractivity contribution in [3.63, 3.8) is 0 Å². The fourth-order valence-electron chi connectivity index (χ4n) is 1.54. The van der Waals surface area contributed by atoms with Gasteiger partial charge in [-0.25, -0.2) is 14.6 Å². The Morgan fingerprint density at radius 3 is 2.83 bits per heavy atom. The van der Waals surface area contributed by atoms with E-state index < -0.39 is 0 Å². The number of halogens is 1. The molecular formula is C11H13ClN4O2. The van der Waals surface area contributed by atoms with Crippen molar-refractivity contribution in [1.29, 1.82) is 0 Å². The Morgan fingerprint density at radius 1 is 1.50 bits per heavy atom. The SMILES string of the molecule is CC(=O)OCc1nc(Cl)c2cnn(C(C)C)c2n1. The summed E-state index contributed by atoms with van der Waals surface area (Å²) in [7, 11) is 0. The van der Waals surface area contributed by atoms with Gasteiger partial charge in [-0.15, -0.1) is 0 Å². The lowest BCUT2D eigenvalue weighted by molar-refractivity contribution is -0.142. The molecule has 0 spiro atoms. The summed E-state index contributed by atoms with van der Waals surface area (Å²) in [6.07, 6.45) is 1.63. The fraction of sp³-hybridized carbons (Fsp3) is 0.455. The topological polar surface area (TPSA) is 69.9 Å². The summed E-state index contributed by atoms with van der Waals surface area (Å²) < 4.78 is 6.61. The fourth-order valence-corrected chi connectivity index (χ4v) is 1.77. The Kier molecular flexibility index (Phi) is 3.47. The summed E-state index contributed by atoms with van der Waals surface area (Å²) in [5, 5.41) is 5.22. The van der Waals surface area contributed by atoms with Gasteiger partial charge in [0.1, 0.15) is 5.15 Å². The number of hydrogen-bond acceptors (Lipinski definition) is 5. The zero-order chi connectivity index (χ0) is 13.3. The van der Waals surface area contributed by atoms with Crippen molar-refractivity contribution in [2.75, 3.05) is 0 Å². The molecule has 0 aromatic carbocycles. The van der Waals surface area contributed by atoms with Gasteiger partial charge in [-0.2, -0.15) is 5.10 Å². The van der Waals surface area contributed by atoms with Crippen LogP contribution in [0.3, 0.4) is 0 Å². The second-order valence-corrected chi connectivity index (χ2v) is 4.49. The molecule has 0 saturated carbocycles. The second kappa shape index (κ2) is 4.89. The Hall–Kier alpha value is -1.69. The van der Waals surface area contributed by atoms with Crippen LogP contribution in [0, 0.1) is 0 Å². The van der Waals surface area contributed by atoms with Gasteiger partial charge in [-0.1, -0.05) is 11.6 Å². The van der Waals surface area contributed by atoms with E-state index in [1.54, 1.807) is 10.9 Å². The molecule has 0 aliphatic carbocycles.